The molecule has 1 aromatic heterocycles. The van der Waals surface area contributed by atoms with Crippen molar-refractivity contribution in [2.75, 3.05) is 26.3 Å². The second-order valence-electron chi connectivity index (χ2n) is 6.83. The molecule has 1 aliphatic heterocycles. The predicted molar refractivity (Wildman–Crippen MR) is 117 cm³/mol. The molecule has 0 unspecified atom stereocenters. The van der Waals surface area contributed by atoms with Crippen LogP contribution in [-0.2, 0) is 21.3 Å². The van der Waals surface area contributed by atoms with Crippen molar-refractivity contribution >= 4 is 27.3 Å². The Kier molecular flexibility index (Phi) is 6.29. The number of sulfonamides is 1. The Morgan fingerprint density at radius 2 is 1.67 bits per heavy atom. The van der Waals surface area contributed by atoms with Gasteiger partial charge in [-0.15, -0.1) is 11.3 Å². The third-order valence-electron chi connectivity index (χ3n) is 4.88. The molecule has 1 saturated heterocycles. The summed E-state index contributed by atoms with van der Waals surface area (Å²) in [6.07, 6.45) is 0. The van der Waals surface area contributed by atoms with Gasteiger partial charge in [0, 0.05) is 23.5 Å². The van der Waals surface area contributed by atoms with Gasteiger partial charge in [0.2, 0.25) is 0 Å². The number of hydrogen-bond acceptors (Lipinski definition) is 5. The van der Waals surface area contributed by atoms with Crippen LogP contribution in [0.2, 0.25) is 0 Å². The summed E-state index contributed by atoms with van der Waals surface area (Å²) in [5.74, 6) is -0.194. The quantitative estimate of drug-likeness (QED) is 0.635. The van der Waals surface area contributed by atoms with Crippen LogP contribution in [0.5, 0.6) is 0 Å². The smallest absolute Gasteiger partial charge is 0.252 e. The Morgan fingerprint density at radius 3 is 2.43 bits per heavy atom. The minimum Gasteiger partial charge on any atom is -0.379 e. The molecule has 156 valence electrons. The van der Waals surface area contributed by atoms with Gasteiger partial charge in [-0.2, -0.15) is 4.31 Å². The van der Waals surface area contributed by atoms with Crippen LogP contribution in [0.25, 0.3) is 11.1 Å². The largest absolute Gasteiger partial charge is 0.379 e. The number of amides is 1. The van der Waals surface area contributed by atoms with Gasteiger partial charge in [0.05, 0.1) is 19.8 Å². The Labute approximate surface area is 180 Å². The normalized spacial score (nSPS) is 15.1. The van der Waals surface area contributed by atoms with Crippen molar-refractivity contribution in [3.8, 4) is 11.1 Å². The van der Waals surface area contributed by atoms with E-state index in [1.807, 2.05) is 48.5 Å². The lowest BCUT2D eigenvalue weighted by Gasteiger charge is -2.25. The third-order valence-corrected chi connectivity index (χ3v) is 8.33. The van der Waals surface area contributed by atoms with Crippen LogP contribution in [0.3, 0.4) is 0 Å². The van der Waals surface area contributed by atoms with E-state index < -0.39 is 10.0 Å². The molecule has 1 amide bonds. The number of thiophene rings is 1. The van der Waals surface area contributed by atoms with E-state index in [0.717, 1.165) is 16.0 Å². The second kappa shape index (κ2) is 9.09. The molecule has 1 aliphatic rings. The number of morpholine rings is 1. The Hall–Kier alpha value is -2.52. The van der Waals surface area contributed by atoms with Crippen molar-refractivity contribution in [3.63, 3.8) is 0 Å². The lowest BCUT2D eigenvalue weighted by molar-refractivity contribution is 0.0731. The molecule has 0 saturated carbocycles. The zero-order valence-electron chi connectivity index (χ0n) is 16.3. The van der Waals surface area contributed by atoms with Gasteiger partial charge in [-0.1, -0.05) is 48.5 Å². The maximum Gasteiger partial charge on any atom is 0.252 e. The molecule has 0 atom stereocenters. The van der Waals surface area contributed by atoms with Gasteiger partial charge in [-0.25, -0.2) is 8.42 Å². The first kappa shape index (κ1) is 20.7. The fourth-order valence-electron chi connectivity index (χ4n) is 3.32. The van der Waals surface area contributed by atoms with E-state index in [-0.39, 0.29) is 12.5 Å². The van der Waals surface area contributed by atoms with Gasteiger partial charge in [-0.05, 0) is 29.3 Å². The summed E-state index contributed by atoms with van der Waals surface area (Å²) in [5.41, 5.74) is 2.41. The molecule has 1 N–H and O–H groups in total. The number of hydrogen-bond donors (Lipinski definition) is 1. The van der Waals surface area contributed by atoms with Crippen molar-refractivity contribution < 1.29 is 17.9 Å². The molecule has 1 fully saturated rings. The fraction of sp³-hybridized carbons (Fsp3) is 0.227. The van der Waals surface area contributed by atoms with E-state index in [1.54, 1.807) is 18.2 Å². The van der Waals surface area contributed by atoms with E-state index >= 15 is 0 Å². The molecule has 3 aromatic rings. The standard InChI is InChI=1S/C22H22N2O4S2/c25-22(20-9-5-4-8-19(20)17-6-2-1-3-7-17)23-16-18-10-11-21(29-18)30(26,27)24-12-14-28-15-13-24/h1-11H,12-16H2,(H,23,25). The molecule has 4 rings (SSSR count). The van der Waals surface area contributed by atoms with Crippen LogP contribution in [0.15, 0.2) is 70.9 Å². The summed E-state index contributed by atoms with van der Waals surface area (Å²) in [6.45, 7) is 1.82. The maximum absolute atomic E-state index is 12.8. The highest BCUT2D eigenvalue weighted by atomic mass is 32.2. The average molecular weight is 443 g/mol. The molecule has 0 aliphatic carbocycles. The molecule has 0 radical (unpaired) electrons. The molecule has 2 heterocycles. The van der Waals surface area contributed by atoms with Crippen molar-refractivity contribution in [2.24, 2.45) is 0 Å². The van der Waals surface area contributed by atoms with Crippen LogP contribution in [0, 0.1) is 0 Å². The Balaban J connectivity index is 1.46. The predicted octanol–water partition coefficient (Wildman–Crippen LogP) is 3.37. The summed E-state index contributed by atoms with van der Waals surface area (Å²) < 4.78 is 32.5. The summed E-state index contributed by atoms with van der Waals surface area (Å²) in [7, 11) is -3.52. The van der Waals surface area contributed by atoms with E-state index in [2.05, 4.69) is 5.32 Å². The van der Waals surface area contributed by atoms with E-state index in [1.165, 1.54) is 15.6 Å². The lowest BCUT2D eigenvalue weighted by Crippen LogP contribution is -2.40. The Bertz CT molecular complexity index is 1120. The molecular formula is C22H22N2O4S2. The SMILES string of the molecule is O=C(NCc1ccc(S(=O)(=O)N2CCOCC2)s1)c1ccccc1-c1ccccc1. The van der Waals surface area contributed by atoms with Crippen LogP contribution in [-0.4, -0.2) is 44.9 Å². The highest BCUT2D eigenvalue weighted by molar-refractivity contribution is 7.91. The van der Waals surface area contributed by atoms with Crippen LogP contribution >= 0.6 is 11.3 Å². The van der Waals surface area contributed by atoms with Crippen molar-refractivity contribution in [1.29, 1.82) is 0 Å². The van der Waals surface area contributed by atoms with Gasteiger partial charge >= 0.3 is 0 Å². The zero-order valence-corrected chi connectivity index (χ0v) is 17.9. The number of rotatable bonds is 6. The minimum absolute atomic E-state index is 0.194. The highest BCUT2D eigenvalue weighted by Crippen LogP contribution is 2.26. The number of carbonyl (C=O) groups is 1. The number of benzene rings is 2. The summed E-state index contributed by atoms with van der Waals surface area (Å²) in [5, 5.41) is 2.91. The molecule has 2 aromatic carbocycles. The topological polar surface area (TPSA) is 75.7 Å². The zero-order chi connectivity index (χ0) is 21.0. The summed E-state index contributed by atoms with van der Waals surface area (Å²) >= 11 is 1.19. The van der Waals surface area contributed by atoms with Gasteiger partial charge < -0.3 is 10.1 Å². The lowest BCUT2D eigenvalue weighted by atomic mass is 9.99. The molecule has 6 nitrogen and oxygen atoms in total. The third kappa shape index (κ3) is 4.46. The van der Waals surface area contributed by atoms with Gasteiger partial charge in [0.1, 0.15) is 4.21 Å². The van der Waals surface area contributed by atoms with Crippen molar-refractivity contribution in [1.82, 2.24) is 9.62 Å². The summed E-state index contributed by atoms with van der Waals surface area (Å²) in [4.78, 5) is 13.6. The maximum atomic E-state index is 12.8. The monoisotopic (exact) mass is 442 g/mol. The van der Waals surface area contributed by atoms with Crippen LogP contribution in [0.4, 0.5) is 0 Å². The van der Waals surface area contributed by atoms with E-state index in [4.69, 9.17) is 4.74 Å². The first-order valence-electron chi connectivity index (χ1n) is 9.65. The number of nitrogens with zero attached hydrogens (tertiary/aromatic N) is 1. The highest BCUT2D eigenvalue weighted by Gasteiger charge is 2.27. The summed E-state index contributed by atoms with van der Waals surface area (Å²) in [6, 6.07) is 20.5. The molecule has 0 spiro atoms. The minimum atomic E-state index is -3.52. The molecular weight excluding hydrogens is 420 g/mol. The fourth-order valence-corrected chi connectivity index (χ4v) is 6.18. The number of ether oxygens (including phenoxy) is 1. The molecule has 0 bridgehead atoms. The van der Waals surface area contributed by atoms with Gasteiger partial charge in [-0.3, -0.25) is 4.79 Å². The van der Waals surface area contributed by atoms with Crippen molar-refractivity contribution in [3.05, 3.63) is 77.2 Å². The number of carbonyl (C=O) groups excluding carboxylic acids is 1. The van der Waals surface area contributed by atoms with Gasteiger partial charge in [0.15, 0.2) is 0 Å². The van der Waals surface area contributed by atoms with Gasteiger partial charge in [0.25, 0.3) is 15.9 Å². The van der Waals surface area contributed by atoms with Crippen molar-refractivity contribution in [2.45, 2.75) is 10.8 Å². The van der Waals surface area contributed by atoms with Crippen LogP contribution < -0.4 is 5.32 Å². The second-order valence-corrected chi connectivity index (χ2v) is 10.2. The Morgan fingerprint density at radius 1 is 0.967 bits per heavy atom. The average Bonchev–Trinajstić information content (AvgIpc) is 3.29. The first-order chi connectivity index (χ1) is 14.6. The first-order valence-corrected chi connectivity index (χ1v) is 11.9. The van der Waals surface area contributed by atoms with E-state index in [0.29, 0.717) is 36.1 Å². The van der Waals surface area contributed by atoms with Crippen LogP contribution in [0.1, 0.15) is 15.2 Å². The van der Waals surface area contributed by atoms with E-state index in [9.17, 15) is 13.2 Å². The number of nitrogens with one attached hydrogen (secondary N) is 1. The molecule has 8 heteroatoms. The molecule has 30 heavy (non-hydrogen) atoms.